The molecule has 0 radical (unpaired) electrons. The van der Waals surface area contributed by atoms with Crippen LogP contribution in [0.2, 0.25) is 0 Å². The van der Waals surface area contributed by atoms with Crippen molar-refractivity contribution in [2.24, 2.45) is 0 Å². The first kappa shape index (κ1) is 14.2. The van der Waals surface area contributed by atoms with E-state index in [1.165, 1.54) is 6.42 Å². The van der Waals surface area contributed by atoms with Crippen LogP contribution in [0.3, 0.4) is 0 Å². The smallest absolute Gasteiger partial charge is 0.233 e. The Hall–Kier alpha value is -1.76. The fraction of sp³-hybridized carbons (Fsp3) is 0.714. The van der Waals surface area contributed by atoms with Crippen molar-refractivity contribution in [3.63, 3.8) is 0 Å². The number of aryl methyl sites for hydroxylation is 3. The summed E-state index contributed by atoms with van der Waals surface area (Å²) in [5.41, 5.74) is 0. The van der Waals surface area contributed by atoms with E-state index < -0.39 is 0 Å². The fourth-order valence-corrected chi connectivity index (χ4v) is 3.12. The van der Waals surface area contributed by atoms with Gasteiger partial charge in [0.2, 0.25) is 11.8 Å². The van der Waals surface area contributed by atoms with Crippen LogP contribution in [-0.2, 0) is 6.54 Å². The van der Waals surface area contributed by atoms with Crippen molar-refractivity contribution >= 4 is 0 Å². The van der Waals surface area contributed by atoms with Crippen LogP contribution in [0.1, 0.15) is 49.2 Å². The molecule has 0 bridgehead atoms. The first-order valence-corrected chi connectivity index (χ1v) is 7.48. The third-order valence-electron chi connectivity index (χ3n) is 4.17. The van der Waals surface area contributed by atoms with Crippen LogP contribution in [0.15, 0.2) is 4.42 Å². The number of hydrogen-bond acceptors (Lipinski definition) is 6. The monoisotopic (exact) mass is 290 g/mol. The zero-order valence-corrected chi connectivity index (χ0v) is 13.1. The standard InChI is InChI=1S/C14H22N6O/c1-9(14-17-16-12(4)21-14)19-7-5-6-13(19)8-20-11(3)15-10(2)18-20/h9,13H,5-8H2,1-4H3/t9-,13-/m0/s1. The van der Waals surface area contributed by atoms with Crippen molar-refractivity contribution < 1.29 is 4.42 Å². The third kappa shape index (κ3) is 2.83. The van der Waals surface area contributed by atoms with E-state index in [4.69, 9.17) is 4.42 Å². The Labute approximate surface area is 124 Å². The van der Waals surface area contributed by atoms with Crippen molar-refractivity contribution in [2.45, 2.75) is 59.2 Å². The molecule has 0 aromatic carbocycles. The van der Waals surface area contributed by atoms with Gasteiger partial charge in [-0.05, 0) is 40.2 Å². The van der Waals surface area contributed by atoms with Crippen LogP contribution in [0.5, 0.6) is 0 Å². The Balaban J connectivity index is 1.74. The molecule has 1 aliphatic heterocycles. The maximum absolute atomic E-state index is 5.59. The predicted octanol–water partition coefficient (Wildman–Crippen LogP) is 1.81. The number of hydrogen-bond donors (Lipinski definition) is 0. The SMILES string of the molecule is Cc1nc(C)n(C[C@@H]2CCCN2[C@@H](C)c2nnc(C)o2)n1. The van der Waals surface area contributed by atoms with Gasteiger partial charge < -0.3 is 4.42 Å². The van der Waals surface area contributed by atoms with Gasteiger partial charge in [-0.15, -0.1) is 10.2 Å². The normalized spacial score (nSPS) is 21.0. The van der Waals surface area contributed by atoms with Crippen LogP contribution < -0.4 is 0 Å². The Kier molecular flexibility index (Phi) is 3.75. The molecule has 0 spiro atoms. The van der Waals surface area contributed by atoms with Crippen LogP contribution in [0.25, 0.3) is 0 Å². The number of nitrogens with zero attached hydrogens (tertiary/aromatic N) is 6. The summed E-state index contributed by atoms with van der Waals surface area (Å²) in [6.45, 7) is 9.81. The molecule has 0 aliphatic carbocycles. The Morgan fingerprint density at radius 3 is 2.71 bits per heavy atom. The molecular formula is C14H22N6O. The number of aromatic nitrogens is 5. The molecule has 0 N–H and O–H groups in total. The average molecular weight is 290 g/mol. The molecule has 21 heavy (non-hydrogen) atoms. The third-order valence-corrected chi connectivity index (χ3v) is 4.17. The van der Waals surface area contributed by atoms with Gasteiger partial charge in [-0.3, -0.25) is 4.90 Å². The van der Waals surface area contributed by atoms with E-state index in [1.54, 1.807) is 0 Å². The minimum Gasteiger partial charge on any atom is -0.424 e. The maximum Gasteiger partial charge on any atom is 0.233 e. The molecule has 0 unspecified atom stereocenters. The van der Waals surface area contributed by atoms with Crippen LogP contribution in [0, 0.1) is 20.8 Å². The van der Waals surface area contributed by atoms with Crippen LogP contribution in [0.4, 0.5) is 0 Å². The Morgan fingerprint density at radius 2 is 2.10 bits per heavy atom. The molecule has 114 valence electrons. The van der Waals surface area contributed by atoms with Crippen molar-refractivity contribution in [2.75, 3.05) is 6.54 Å². The Morgan fingerprint density at radius 1 is 1.29 bits per heavy atom. The first-order chi connectivity index (χ1) is 10.0. The van der Waals surface area contributed by atoms with Gasteiger partial charge in [-0.2, -0.15) is 5.10 Å². The predicted molar refractivity (Wildman–Crippen MR) is 76.7 cm³/mol. The fourth-order valence-electron chi connectivity index (χ4n) is 3.12. The van der Waals surface area contributed by atoms with E-state index in [1.807, 2.05) is 25.5 Å². The molecule has 0 amide bonds. The van der Waals surface area contributed by atoms with Crippen molar-refractivity contribution in [1.82, 2.24) is 29.9 Å². The lowest BCUT2D eigenvalue weighted by Crippen LogP contribution is -2.35. The zero-order chi connectivity index (χ0) is 15.0. The molecular weight excluding hydrogens is 268 g/mol. The van der Waals surface area contributed by atoms with E-state index in [0.717, 1.165) is 31.2 Å². The van der Waals surface area contributed by atoms with E-state index in [9.17, 15) is 0 Å². The highest BCUT2D eigenvalue weighted by Gasteiger charge is 2.32. The molecule has 2 atom stereocenters. The first-order valence-electron chi connectivity index (χ1n) is 7.48. The van der Waals surface area contributed by atoms with Crippen molar-refractivity contribution in [3.05, 3.63) is 23.4 Å². The van der Waals surface area contributed by atoms with Gasteiger partial charge in [-0.1, -0.05) is 0 Å². The van der Waals surface area contributed by atoms with Crippen LogP contribution >= 0.6 is 0 Å². The summed E-state index contributed by atoms with van der Waals surface area (Å²) in [6.07, 6.45) is 2.35. The van der Waals surface area contributed by atoms with Crippen molar-refractivity contribution in [1.29, 1.82) is 0 Å². The molecule has 0 saturated carbocycles. The summed E-state index contributed by atoms with van der Waals surface area (Å²) in [7, 11) is 0. The molecule has 7 heteroatoms. The molecule has 1 saturated heterocycles. The molecule has 3 rings (SSSR count). The summed E-state index contributed by atoms with van der Waals surface area (Å²) in [5, 5.41) is 12.6. The van der Waals surface area contributed by atoms with E-state index in [2.05, 4.69) is 32.1 Å². The molecule has 3 heterocycles. The molecule has 1 fully saturated rings. The lowest BCUT2D eigenvalue weighted by molar-refractivity contribution is 0.150. The lowest BCUT2D eigenvalue weighted by atomic mass is 10.2. The summed E-state index contributed by atoms with van der Waals surface area (Å²) in [6, 6.07) is 0.579. The highest BCUT2D eigenvalue weighted by molar-refractivity contribution is 4.95. The second-order valence-electron chi connectivity index (χ2n) is 5.76. The maximum atomic E-state index is 5.59. The largest absolute Gasteiger partial charge is 0.424 e. The van der Waals surface area contributed by atoms with Gasteiger partial charge in [0.15, 0.2) is 0 Å². The highest BCUT2D eigenvalue weighted by atomic mass is 16.4. The van der Waals surface area contributed by atoms with E-state index in [0.29, 0.717) is 17.8 Å². The lowest BCUT2D eigenvalue weighted by Gasteiger charge is -2.28. The number of rotatable bonds is 4. The van der Waals surface area contributed by atoms with Crippen LogP contribution in [-0.4, -0.2) is 42.4 Å². The van der Waals surface area contributed by atoms with Gasteiger partial charge in [-0.25, -0.2) is 9.67 Å². The van der Waals surface area contributed by atoms with E-state index >= 15 is 0 Å². The van der Waals surface area contributed by atoms with Gasteiger partial charge >= 0.3 is 0 Å². The Bertz CT molecular complexity index is 619. The summed E-state index contributed by atoms with van der Waals surface area (Å²) in [4.78, 5) is 6.81. The zero-order valence-electron chi connectivity index (χ0n) is 13.1. The summed E-state index contributed by atoms with van der Waals surface area (Å²) >= 11 is 0. The second-order valence-corrected chi connectivity index (χ2v) is 5.76. The van der Waals surface area contributed by atoms with Gasteiger partial charge in [0, 0.05) is 13.0 Å². The average Bonchev–Trinajstić information content (AvgIpc) is 3.12. The van der Waals surface area contributed by atoms with Crippen molar-refractivity contribution in [3.8, 4) is 0 Å². The topological polar surface area (TPSA) is 72.9 Å². The number of likely N-dealkylation sites (tertiary alicyclic amines) is 1. The highest BCUT2D eigenvalue weighted by Crippen LogP contribution is 2.29. The van der Waals surface area contributed by atoms with Gasteiger partial charge in [0.05, 0.1) is 12.6 Å². The molecule has 2 aromatic rings. The minimum absolute atomic E-state index is 0.142. The quantitative estimate of drug-likeness (QED) is 0.855. The van der Waals surface area contributed by atoms with Gasteiger partial charge in [0.25, 0.3) is 0 Å². The van der Waals surface area contributed by atoms with E-state index in [-0.39, 0.29) is 6.04 Å². The minimum atomic E-state index is 0.142. The summed E-state index contributed by atoms with van der Waals surface area (Å²) in [5.74, 6) is 3.12. The summed E-state index contributed by atoms with van der Waals surface area (Å²) < 4.78 is 7.59. The molecule has 2 aromatic heterocycles. The van der Waals surface area contributed by atoms with Gasteiger partial charge in [0.1, 0.15) is 11.6 Å². The second kappa shape index (κ2) is 5.55. The molecule has 7 nitrogen and oxygen atoms in total. The molecule has 1 aliphatic rings.